The fourth-order valence-electron chi connectivity index (χ4n) is 2.91. The molecule has 1 aromatic heterocycles. The van der Waals surface area contributed by atoms with Gasteiger partial charge in [-0.05, 0) is 37.4 Å². The summed E-state index contributed by atoms with van der Waals surface area (Å²) in [5.41, 5.74) is 0.965. The molecule has 3 rings (SSSR count). The minimum atomic E-state index is -3.60. The second-order valence-electron chi connectivity index (χ2n) is 6.23. The molecule has 0 bridgehead atoms. The van der Waals surface area contributed by atoms with Gasteiger partial charge in [-0.15, -0.1) is 0 Å². The van der Waals surface area contributed by atoms with E-state index in [0.29, 0.717) is 11.4 Å². The summed E-state index contributed by atoms with van der Waals surface area (Å²) in [4.78, 5) is 0.364. The Balaban J connectivity index is 2.10. The highest BCUT2D eigenvalue weighted by molar-refractivity contribution is 7.89. The number of hydrogen-bond acceptors (Lipinski definition) is 2. The number of rotatable bonds is 5. The zero-order chi connectivity index (χ0) is 17.3. The fourth-order valence-corrected chi connectivity index (χ4v) is 4.74. The highest BCUT2D eigenvalue weighted by Crippen LogP contribution is 2.28. The Bertz CT molecular complexity index is 953. The van der Waals surface area contributed by atoms with Crippen molar-refractivity contribution >= 4 is 20.8 Å². The molecule has 0 radical (unpaired) electrons. The molecule has 0 aliphatic rings. The van der Waals surface area contributed by atoms with Crippen LogP contribution in [0.15, 0.2) is 65.7 Å². The Kier molecular flexibility index (Phi) is 4.47. The number of aromatic nitrogens is 1. The van der Waals surface area contributed by atoms with Gasteiger partial charge in [0.2, 0.25) is 10.0 Å². The Morgan fingerprint density at radius 3 is 2.38 bits per heavy atom. The highest BCUT2D eigenvalue weighted by Gasteiger charge is 2.29. The van der Waals surface area contributed by atoms with Gasteiger partial charge in [-0.2, -0.15) is 4.31 Å². The Morgan fingerprint density at radius 2 is 1.71 bits per heavy atom. The van der Waals surface area contributed by atoms with E-state index in [1.54, 1.807) is 16.4 Å². The first-order valence-electron chi connectivity index (χ1n) is 8.01. The second kappa shape index (κ2) is 6.42. The maximum absolute atomic E-state index is 13.3. The van der Waals surface area contributed by atoms with Gasteiger partial charge < -0.3 is 4.57 Å². The van der Waals surface area contributed by atoms with Gasteiger partial charge in [-0.25, -0.2) is 8.42 Å². The van der Waals surface area contributed by atoms with Crippen molar-refractivity contribution in [2.75, 3.05) is 0 Å². The Labute approximate surface area is 143 Å². The first kappa shape index (κ1) is 16.7. The largest absolute Gasteiger partial charge is 0.353 e. The van der Waals surface area contributed by atoms with Crippen molar-refractivity contribution in [3.05, 3.63) is 66.5 Å². The van der Waals surface area contributed by atoms with E-state index in [1.165, 1.54) is 0 Å². The lowest BCUT2D eigenvalue weighted by Crippen LogP contribution is -2.37. The van der Waals surface area contributed by atoms with Crippen LogP contribution in [-0.4, -0.2) is 23.3 Å². The standard InChI is InChI=1S/C19H22N2O2S/c1-15(2)21(14-17-10-7-13-20(17)3)24(22,23)19-12-6-9-16-8-4-5-11-18(16)19/h4-13,15H,14H2,1-3H3. The smallest absolute Gasteiger partial charge is 0.244 e. The van der Waals surface area contributed by atoms with Gasteiger partial charge in [0.05, 0.1) is 11.4 Å². The van der Waals surface area contributed by atoms with E-state index in [0.717, 1.165) is 16.5 Å². The van der Waals surface area contributed by atoms with Gasteiger partial charge in [-0.3, -0.25) is 0 Å². The van der Waals surface area contributed by atoms with Crippen LogP contribution in [-0.2, 0) is 23.6 Å². The summed E-state index contributed by atoms with van der Waals surface area (Å²) in [7, 11) is -1.67. The lowest BCUT2D eigenvalue weighted by Gasteiger charge is -2.26. The molecule has 126 valence electrons. The molecule has 0 unspecified atom stereocenters. The quantitative estimate of drug-likeness (QED) is 0.708. The van der Waals surface area contributed by atoms with Crippen LogP contribution in [0.3, 0.4) is 0 Å². The van der Waals surface area contributed by atoms with Gasteiger partial charge in [0.25, 0.3) is 0 Å². The van der Waals surface area contributed by atoms with E-state index >= 15 is 0 Å². The zero-order valence-electron chi connectivity index (χ0n) is 14.2. The number of benzene rings is 2. The van der Waals surface area contributed by atoms with Crippen molar-refractivity contribution < 1.29 is 8.42 Å². The molecule has 0 atom stereocenters. The van der Waals surface area contributed by atoms with Crippen LogP contribution in [0.2, 0.25) is 0 Å². The second-order valence-corrected chi connectivity index (χ2v) is 8.09. The summed E-state index contributed by atoms with van der Waals surface area (Å²) in [6, 6.07) is 16.8. The summed E-state index contributed by atoms with van der Waals surface area (Å²) in [6.45, 7) is 4.17. The fraction of sp³-hybridized carbons (Fsp3) is 0.263. The van der Waals surface area contributed by atoms with Crippen LogP contribution < -0.4 is 0 Å². The first-order valence-corrected chi connectivity index (χ1v) is 9.45. The van der Waals surface area contributed by atoms with Gasteiger partial charge >= 0.3 is 0 Å². The molecule has 0 fully saturated rings. The van der Waals surface area contributed by atoms with Crippen molar-refractivity contribution in [2.24, 2.45) is 7.05 Å². The van der Waals surface area contributed by atoms with Crippen molar-refractivity contribution in [2.45, 2.75) is 31.3 Å². The topological polar surface area (TPSA) is 42.3 Å². The molecule has 0 aliphatic carbocycles. The van der Waals surface area contributed by atoms with Crippen molar-refractivity contribution in [3.63, 3.8) is 0 Å². The molecule has 5 heteroatoms. The van der Waals surface area contributed by atoms with E-state index in [4.69, 9.17) is 0 Å². The molecule has 0 N–H and O–H groups in total. The van der Waals surface area contributed by atoms with E-state index in [-0.39, 0.29) is 6.04 Å². The number of aryl methyl sites for hydroxylation is 1. The van der Waals surface area contributed by atoms with Gasteiger partial charge in [-0.1, -0.05) is 36.4 Å². The van der Waals surface area contributed by atoms with Crippen LogP contribution >= 0.6 is 0 Å². The van der Waals surface area contributed by atoms with E-state index in [2.05, 4.69) is 0 Å². The molecular weight excluding hydrogens is 320 g/mol. The molecule has 4 nitrogen and oxygen atoms in total. The van der Waals surface area contributed by atoms with Crippen LogP contribution in [0.25, 0.3) is 10.8 Å². The van der Waals surface area contributed by atoms with Crippen LogP contribution in [0, 0.1) is 0 Å². The minimum absolute atomic E-state index is 0.135. The maximum atomic E-state index is 13.3. The molecule has 3 aromatic rings. The number of fused-ring (bicyclic) bond motifs is 1. The molecule has 0 aliphatic heterocycles. The Hall–Kier alpha value is -2.11. The SMILES string of the molecule is CC(C)N(Cc1cccn1C)S(=O)(=O)c1cccc2ccccc12. The molecule has 0 amide bonds. The van der Waals surface area contributed by atoms with Crippen molar-refractivity contribution in [1.82, 2.24) is 8.87 Å². The van der Waals surface area contributed by atoms with Gasteiger partial charge in [0.15, 0.2) is 0 Å². The zero-order valence-corrected chi connectivity index (χ0v) is 15.0. The molecule has 24 heavy (non-hydrogen) atoms. The van der Waals surface area contributed by atoms with Crippen molar-refractivity contribution in [3.8, 4) is 0 Å². The molecule has 0 saturated heterocycles. The Morgan fingerprint density at radius 1 is 1.00 bits per heavy atom. The van der Waals surface area contributed by atoms with Crippen LogP contribution in [0.4, 0.5) is 0 Å². The predicted molar refractivity (Wildman–Crippen MR) is 97.2 cm³/mol. The molecule has 0 spiro atoms. The first-order chi connectivity index (χ1) is 11.4. The summed E-state index contributed by atoms with van der Waals surface area (Å²) in [5, 5.41) is 1.69. The molecule has 1 heterocycles. The van der Waals surface area contributed by atoms with Crippen LogP contribution in [0.1, 0.15) is 19.5 Å². The molecular formula is C19H22N2O2S. The minimum Gasteiger partial charge on any atom is -0.353 e. The highest BCUT2D eigenvalue weighted by atomic mass is 32.2. The summed E-state index contributed by atoms with van der Waals surface area (Å²) < 4.78 is 30.2. The lowest BCUT2D eigenvalue weighted by molar-refractivity contribution is 0.342. The maximum Gasteiger partial charge on any atom is 0.244 e. The summed E-state index contributed by atoms with van der Waals surface area (Å²) in [5.74, 6) is 0. The van der Waals surface area contributed by atoms with Crippen LogP contribution in [0.5, 0.6) is 0 Å². The number of nitrogens with zero attached hydrogens (tertiary/aromatic N) is 2. The predicted octanol–water partition coefficient (Wildman–Crippen LogP) is 3.78. The van der Waals surface area contributed by atoms with Gasteiger partial charge in [0, 0.05) is 30.4 Å². The third-order valence-corrected chi connectivity index (χ3v) is 6.36. The van der Waals surface area contributed by atoms with E-state index in [1.807, 2.05) is 74.1 Å². The molecule has 2 aromatic carbocycles. The number of hydrogen-bond donors (Lipinski definition) is 0. The average Bonchev–Trinajstić information content (AvgIpc) is 2.96. The summed E-state index contributed by atoms with van der Waals surface area (Å²) >= 11 is 0. The van der Waals surface area contributed by atoms with Crippen molar-refractivity contribution in [1.29, 1.82) is 0 Å². The van der Waals surface area contributed by atoms with Gasteiger partial charge in [0.1, 0.15) is 0 Å². The normalized spacial score (nSPS) is 12.4. The van der Waals surface area contributed by atoms with E-state index < -0.39 is 10.0 Å². The number of sulfonamides is 1. The molecule has 0 saturated carbocycles. The lowest BCUT2D eigenvalue weighted by atomic mass is 10.1. The van der Waals surface area contributed by atoms with E-state index in [9.17, 15) is 8.42 Å². The average molecular weight is 342 g/mol. The third-order valence-electron chi connectivity index (χ3n) is 4.28. The monoisotopic (exact) mass is 342 g/mol. The summed E-state index contributed by atoms with van der Waals surface area (Å²) in [6.07, 6.45) is 1.93. The third kappa shape index (κ3) is 2.97.